The van der Waals surface area contributed by atoms with Gasteiger partial charge >= 0.3 is 6.61 Å². The van der Waals surface area contributed by atoms with Crippen LogP contribution in [0.25, 0.3) is 32.9 Å². The number of rotatable bonds is 6. The number of amides is 1. The number of aromatic nitrogens is 1. The minimum Gasteiger partial charge on any atom is -0.434 e. The zero-order valence-electron chi connectivity index (χ0n) is 17.5. The summed E-state index contributed by atoms with van der Waals surface area (Å²) >= 11 is 0. The molecule has 2 N–H and O–H groups in total. The maximum absolute atomic E-state index is 13.0. The van der Waals surface area contributed by atoms with E-state index in [-0.39, 0.29) is 12.3 Å². The average Bonchev–Trinajstić information content (AvgIpc) is 3.13. The molecule has 4 aromatic carbocycles. The first-order valence-corrected chi connectivity index (χ1v) is 10.4. The molecule has 1 radical (unpaired) electrons. The van der Waals surface area contributed by atoms with Crippen LogP contribution in [0.4, 0.5) is 8.78 Å². The fourth-order valence-corrected chi connectivity index (χ4v) is 4.24. The highest BCUT2D eigenvalue weighted by Crippen LogP contribution is 2.35. The smallest absolute Gasteiger partial charge is 0.387 e. The molecule has 163 valence electrons. The fourth-order valence-electron chi connectivity index (χ4n) is 4.24. The van der Waals surface area contributed by atoms with Crippen molar-refractivity contribution in [3.8, 4) is 16.9 Å². The van der Waals surface area contributed by atoms with Crippen LogP contribution in [0.2, 0.25) is 0 Å². The molecule has 0 aliphatic heterocycles. The van der Waals surface area contributed by atoms with E-state index in [2.05, 4.69) is 6.07 Å². The molecule has 0 spiro atoms. The molecule has 5 rings (SSSR count). The first kappa shape index (κ1) is 20.7. The van der Waals surface area contributed by atoms with Crippen molar-refractivity contribution in [3.63, 3.8) is 0 Å². The molecule has 0 aliphatic carbocycles. The van der Waals surface area contributed by atoms with Gasteiger partial charge in [-0.2, -0.15) is 8.78 Å². The minimum atomic E-state index is -2.93. The predicted molar refractivity (Wildman–Crippen MR) is 124 cm³/mol. The molecular formula is C27H19F2N2O2. The number of alkyl halides is 2. The Bertz CT molecular complexity index is 1480. The number of primary amides is 1. The lowest BCUT2D eigenvalue weighted by Gasteiger charge is -2.13. The van der Waals surface area contributed by atoms with Crippen molar-refractivity contribution in [2.45, 2.75) is 13.2 Å². The molecule has 0 saturated carbocycles. The van der Waals surface area contributed by atoms with Crippen molar-refractivity contribution in [2.75, 3.05) is 0 Å². The monoisotopic (exact) mass is 441 g/mol. The standard InChI is InChI=1S/C27H19F2N2O2/c28-27(29)33-24-12-5-4-9-19(24)16-31-22-11-6-10-21(26(30)32)25(22)20-14-13-18(15-23(20)31)17-7-2-1-3-8-17/h1-13,15,27H,16H2,(H2,30,32). The van der Waals surface area contributed by atoms with Crippen LogP contribution in [0.3, 0.4) is 0 Å². The summed E-state index contributed by atoms with van der Waals surface area (Å²) in [7, 11) is 0. The quantitative estimate of drug-likeness (QED) is 0.351. The second-order valence-corrected chi connectivity index (χ2v) is 7.65. The molecule has 0 unspecified atom stereocenters. The molecule has 0 aliphatic rings. The molecule has 1 heterocycles. The number of hydrogen-bond donors (Lipinski definition) is 1. The van der Waals surface area contributed by atoms with Crippen LogP contribution < -0.4 is 10.5 Å². The van der Waals surface area contributed by atoms with E-state index in [0.29, 0.717) is 16.5 Å². The van der Waals surface area contributed by atoms with Gasteiger partial charge in [-0.25, -0.2) is 0 Å². The van der Waals surface area contributed by atoms with Crippen LogP contribution in [0.1, 0.15) is 15.9 Å². The third-order valence-corrected chi connectivity index (χ3v) is 5.68. The maximum atomic E-state index is 13.0. The van der Waals surface area contributed by atoms with Gasteiger partial charge in [0.15, 0.2) is 0 Å². The second-order valence-electron chi connectivity index (χ2n) is 7.65. The molecule has 0 atom stereocenters. The van der Waals surface area contributed by atoms with Gasteiger partial charge in [-0.3, -0.25) is 4.79 Å². The number of carbonyl (C=O) groups is 1. The lowest BCUT2D eigenvalue weighted by molar-refractivity contribution is -0.0504. The number of nitrogens with zero attached hydrogens (tertiary/aromatic N) is 1. The molecule has 33 heavy (non-hydrogen) atoms. The number of para-hydroxylation sites is 1. The zero-order chi connectivity index (χ0) is 22.9. The molecular weight excluding hydrogens is 422 g/mol. The van der Waals surface area contributed by atoms with Crippen molar-refractivity contribution in [2.24, 2.45) is 5.73 Å². The Labute approximate surface area is 188 Å². The predicted octanol–water partition coefficient (Wildman–Crippen LogP) is 6.01. The molecule has 1 aromatic heterocycles. The SMILES string of the molecule is NC(=O)c1cccc2c1c1[c]cc(-c3ccccc3)cc1n2Cc1ccccc1OC(F)F. The summed E-state index contributed by atoms with van der Waals surface area (Å²) < 4.78 is 32.7. The number of carbonyl (C=O) groups excluding carboxylic acids is 1. The van der Waals surface area contributed by atoms with Gasteiger partial charge < -0.3 is 15.0 Å². The largest absolute Gasteiger partial charge is 0.434 e. The van der Waals surface area contributed by atoms with Crippen molar-refractivity contribution in [1.29, 1.82) is 0 Å². The van der Waals surface area contributed by atoms with Crippen LogP contribution in [-0.4, -0.2) is 17.1 Å². The molecule has 0 fully saturated rings. The zero-order valence-corrected chi connectivity index (χ0v) is 17.5. The van der Waals surface area contributed by atoms with Gasteiger partial charge in [0.05, 0.1) is 17.6 Å². The number of benzene rings is 4. The van der Waals surface area contributed by atoms with E-state index in [1.807, 2.05) is 53.1 Å². The number of fused-ring (bicyclic) bond motifs is 3. The summed E-state index contributed by atoms with van der Waals surface area (Å²) in [6, 6.07) is 29.1. The van der Waals surface area contributed by atoms with Gasteiger partial charge in [0.2, 0.25) is 5.91 Å². The van der Waals surface area contributed by atoms with Crippen LogP contribution >= 0.6 is 0 Å². The van der Waals surface area contributed by atoms with Gasteiger partial charge in [0, 0.05) is 21.9 Å². The number of nitrogens with two attached hydrogens (primary N) is 1. The topological polar surface area (TPSA) is 57.2 Å². The fraction of sp³-hybridized carbons (Fsp3) is 0.0741. The highest BCUT2D eigenvalue weighted by atomic mass is 19.3. The Morgan fingerprint density at radius 3 is 2.45 bits per heavy atom. The summed E-state index contributed by atoms with van der Waals surface area (Å²) in [6.45, 7) is -2.67. The Morgan fingerprint density at radius 1 is 0.939 bits per heavy atom. The highest BCUT2D eigenvalue weighted by molar-refractivity contribution is 6.18. The van der Waals surface area contributed by atoms with Gasteiger partial charge in [0.1, 0.15) is 5.75 Å². The summed E-state index contributed by atoms with van der Waals surface area (Å²) in [6.07, 6.45) is 0. The van der Waals surface area contributed by atoms with E-state index in [1.54, 1.807) is 30.3 Å². The summed E-state index contributed by atoms with van der Waals surface area (Å²) in [5.74, 6) is -0.432. The van der Waals surface area contributed by atoms with E-state index < -0.39 is 12.5 Å². The van der Waals surface area contributed by atoms with E-state index >= 15 is 0 Å². The highest BCUT2D eigenvalue weighted by Gasteiger charge is 2.19. The molecule has 4 nitrogen and oxygen atoms in total. The van der Waals surface area contributed by atoms with E-state index in [0.717, 1.165) is 27.5 Å². The van der Waals surface area contributed by atoms with Crippen molar-refractivity contribution >= 4 is 27.7 Å². The lowest BCUT2D eigenvalue weighted by Crippen LogP contribution is -2.11. The Balaban J connectivity index is 1.77. The van der Waals surface area contributed by atoms with Crippen LogP contribution in [0.5, 0.6) is 5.75 Å². The van der Waals surface area contributed by atoms with E-state index in [9.17, 15) is 13.6 Å². The average molecular weight is 441 g/mol. The summed E-state index contributed by atoms with van der Waals surface area (Å²) in [5.41, 5.74) is 10.2. The Hall–Kier alpha value is -4.19. The number of hydrogen-bond acceptors (Lipinski definition) is 2. The van der Waals surface area contributed by atoms with Crippen molar-refractivity contribution in [1.82, 2.24) is 4.57 Å². The third kappa shape index (κ3) is 3.80. The molecule has 6 heteroatoms. The number of halogens is 2. The molecule has 0 bridgehead atoms. The maximum Gasteiger partial charge on any atom is 0.387 e. The minimum absolute atomic E-state index is 0.108. The van der Waals surface area contributed by atoms with Crippen LogP contribution in [-0.2, 0) is 6.54 Å². The molecule has 5 aromatic rings. The summed E-state index contributed by atoms with van der Waals surface area (Å²) in [5, 5.41) is 1.43. The van der Waals surface area contributed by atoms with Gasteiger partial charge in [-0.15, -0.1) is 0 Å². The van der Waals surface area contributed by atoms with Crippen LogP contribution in [0.15, 0.2) is 84.9 Å². The Morgan fingerprint density at radius 2 is 1.70 bits per heavy atom. The lowest BCUT2D eigenvalue weighted by atomic mass is 10.0. The van der Waals surface area contributed by atoms with E-state index in [4.69, 9.17) is 10.5 Å². The second kappa shape index (κ2) is 8.39. The Kier molecular flexibility index (Phi) is 5.26. The van der Waals surface area contributed by atoms with Crippen LogP contribution in [0, 0.1) is 6.07 Å². The van der Waals surface area contributed by atoms with Crippen molar-refractivity contribution < 1.29 is 18.3 Å². The number of ether oxygens (including phenoxy) is 1. The van der Waals surface area contributed by atoms with Gasteiger partial charge in [-0.1, -0.05) is 54.6 Å². The molecule has 1 amide bonds. The molecule has 0 saturated heterocycles. The summed E-state index contributed by atoms with van der Waals surface area (Å²) in [4.78, 5) is 12.2. The third-order valence-electron chi connectivity index (χ3n) is 5.68. The van der Waals surface area contributed by atoms with E-state index in [1.165, 1.54) is 6.07 Å². The first-order valence-electron chi connectivity index (χ1n) is 10.4. The van der Waals surface area contributed by atoms with Crippen molar-refractivity contribution in [3.05, 3.63) is 102 Å². The first-order chi connectivity index (χ1) is 16.0. The van der Waals surface area contributed by atoms with Gasteiger partial charge in [0.25, 0.3) is 0 Å². The normalized spacial score (nSPS) is 11.4. The van der Waals surface area contributed by atoms with Gasteiger partial charge in [-0.05, 0) is 47.5 Å².